The van der Waals surface area contributed by atoms with Crippen LogP contribution in [-0.4, -0.2) is 57.0 Å². The molecule has 0 radical (unpaired) electrons. The maximum absolute atomic E-state index is 12.5. The van der Waals surface area contributed by atoms with E-state index in [1.54, 1.807) is 24.3 Å². The van der Waals surface area contributed by atoms with Crippen LogP contribution in [0.2, 0.25) is 0 Å². The summed E-state index contributed by atoms with van der Waals surface area (Å²) in [6.07, 6.45) is 4.48. The Morgan fingerprint density at radius 2 is 1.61 bits per heavy atom. The third-order valence-corrected chi connectivity index (χ3v) is 6.95. The maximum atomic E-state index is 12.5. The van der Waals surface area contributed by atoms with Crippen LogP contribution in [0.4, 0.5) is 22.0 Å². The van der Waals surface area contributed by atoms with Crippen LogP contribution in [0, 0.1) is 0 Å². The molecule has 4 N–H and O–H groups in total. The Labute approximate surface area is 219 Å². The summed E-state index contributed by atoms with van der Waals surface area (Å²) in [4.78, 5) is 35.8. The van der Waals surface area contributed by atoms with Crippen molar-refractivity contribution < 1.29 is 14.3 Å². The van der Waals surface area contributed by atoms with E-state index in [4.69, 9.17) is 20.4 Å². The van der Waals surface area contributed by atoms with Crippen LogP contribution in [0.15, 0.2) is 54.7 Å². The molecule has 2 aliphatic rings. The molecule has 2 atom stereocenters. The number of urea groups is 1. The zero-order chi connectivity index (χ0) is 26.2. The van der Waals surface area contributed by atoms with Gasteiger partial charge in [-0.05, 0) is 68.3 Å². The van der Waals surface area contributed by atoms with Gasteiger partial charge >= 0.3 is 6.03 Å². The third-order valence-electron chi connectivity index (χ3n) is 6.95. The number of aryl methyl sites for hydroxylation is 1. The average molecular weight is 513 g/mol. The smallest absolute Gasteiger partial charge is 0.323 e. The monoisotopic (exact) mass is 512 g/mol. The number of nitrogens with one attached hydrogen (secondary N) is 2. The number of hydrogen-bond donors (Lipinski definition) is 3. The summed E-state index contributed by atoms with van der Waals surface area (Å²) in [6, 6.07) is 13.3. The van der Waals surface area contributed by atoms with Crippen LogP contribution in [0.5, 0.6) is 0 Å². The van der Waals surface area contributed by atoms with Gasteiger partial charge in [-0.25, -0.2) is 19.4 Å². The standard InChI is InChI=1S/C27H28N8O3/c1-2-35-26-22(13-29-35)25(34-14-20-11-12-21(15-34)38-20)32-24(33-26)17-5-9-19(10-6-17)31-27(37)30-18-7-3-16(4-8-18)23(28)36/h3-10,13,20-21H,2,11-12,14-15H2,1H3,(H2,28,36)(H2,30,31,37). The first-order chi connectivity index (χ1) is 18.5. The van der Waals surface area contributed by atoms with Crippen LogP contribution < -0.4 is 21.3 Å². The van der Waals surface area contributed by atoms with E-state index in [1.165, 1.54) is 0 Å². The molecule has 2 aliphatic heterocycles. The van der Waals surface area contributed by atoms with Gasteiger partial charge < -0.3 is 26.0 Å². The molecule has 11 nitrogen and oxygen atoms in total. The Hall–Kier alpha value is -4.51. The van der Waals surface area contributed by atoms with Crippen molar-refractivity contribution in [3.05, 3.63) is 60.3 Å². The Balaban J connectivity index is 1.22. The summed E-state index contributed by atoms with van der Waals surface area (Å²) >= 11 is 0. The summed E-state index contributed by atoms with van der Waals surface area (Å²) in [5.41, 5.74) is 8.43. The molecule has 2 aromatic carbocycles. The second kappa shape index (κ2) is 9.75. The maximum Gasteiger partial charge on any atom is 0.323 e. The largest absolute Gasteiger partial charge is 0.371 e. The van der Waals surface area contributed by atoms with E-state index in [2.05, 4.69) is 20.6 Å². The van der Waals surface area contributed by atoms with E-state index >= 15 is 0 Å². The fourth-order valence-electron chi connectivity index (χ4n) is 5.04. The number of aromatic nitrogens is 4. The molecule has 0 saturated carbocycles. The second-order valence-electron chi connectivity index (χ2n) is 9.53. The van der Waals surface area contributed by atoms with Crippen LogP contribution in [0.1, 0.15) is 30.1 Å². The van der Waals surface area contributed by atoms with Crippen molar-refractivity contribution in [3.8, 4) is 11.4 Å². The Bertz CT molecular complexity index is 1490. The molecule has 0 spiro atoms. The molecule has 2 saturated heterocycles. The predicted octanol–water partition coefficient (Wildman–Crippen LogP) is 3.62. The fraction of sp³-hybridized carbons (Fsp3) is 0.296. The number of primary amides is 1. The first-order valence-electron chi connectivity index (χ1n) is 12.7. The van der Waals surface area contributed by atoms with Crippen molar-refractivity contribution in [2.75, 3.05) is 28.6 Å². The zero-order valence-corrected chi connectivity index (χ0v) is 20.9. The molecule has 3 amide bonds. The molecule has 6 rings (SSSR count). The van der Waals surface area contributed by atoms with Gasteiger partial charge in [0.05, 0.1) is 23.8 Å². The SMILES string of the molecule is CCn1ncc2c(N3CC4CCC(C3)O4)nc(-c3ccc(NC(=O)Nc4ccc(C(N)=O)cc4)cc3)nc21. The highest BCUT2D eigenvalue weighted by Gasteiger charge is 2.35. The van der Waals surface area contributed by atoms with Crippen molar-refractivity contribution in [2.24, 2.45) is 5.73 Å². The van der Waals surface area contributed by atoms with Crippen LogP contribution in [0.25, 0.3) is 22.4 Å². The van der Waals surface area contributed by atoms with E-state index in [-0.39, 0.29) is 12.2 Å². The van der Waals surface area contributed by atoms with Crippen LogP contribution >= 0.6 is 0 Å². The topological polar surface area (TPSA) is 140 Å². The number of nitrogens with zero attached hydrogens (tertiary/aromatic N) is 5. The highest BCUT2D eigenvalue weighted by molar-refractivity contribution is 6.00. The van der Waals surface area contributed by atoms with Gasteiger partial charge in [-0.2, -0.15) is 5.10 Å². The molecule has 0 aliphatic carbocycles. The Kier molecular flexibility index (Phi) is 6.12. The lowest BCUT2D eigenvalue weighted by molar-refractivity contribution is 0.0303. The molecule has 2 bridgehead atoms. The van der Waals surface area contributed by atoms with E-state index in [0.717, 1.165) is 48.3 Å². The van der Waals surface area contributed by atoms with Crippen molar-refractivity contribution in [2.45, 2.75) is 38.5 Å². The van der Waals surface area contributed by atoms with Gasteiger partial charge in [0.2, 0.25) is 5.91 Å². The van der Waals surface area contributed by atoms with Crippen molar-refractivity contribution in [3.63, 3.8) is 0 Å². The van der Waals surface area contributed by atoms with Gasteiger partial charge in [0.1, 0.15) is 5.82 Å². The first-order valence-corrected chi connectivity index (χ1v) is 12.7. The normalized spacial score (nSPS) is 18.5. The highest BCUT2D eigenvalue weighted by Crippen LogP contribution is 2.33. The predicted molar refractivity (Wildman–Crippen MR) is 144 cm³/mol. The van der Waals surface area contributed by atoms with Crippen LogP contribution in [-0.2, 0) is 11.3 Å². The Morgan fingerprint density at radius 3 is 2.21 bits per heavy atom. The van der Waals surface area contributed by atoms with E-state index in [0.29, 0.717) is 29.3 Å². The van der Waals surface area contributed by atoms with Crippen molar-refractivity contribution in [1.82, 2.24) is 19.7 Å². The summed E-state index contributed by atoms with van der Waals surface area (Å²) in [5.74, 6) is 0.966. The number of nitrogens with two attached hydrogens (primary N) is 1. The molecule has 2 fully saturated rings. The molecule has 4 aromatic rings. The molecular weight excluding hydrogens is 484 g/mol. The summed E-state index contributed by atoms with van der Waals surface area (Å²) < 4.78 is 7.92. The van der Waals surface area contributed by atoms with E-state index in [1.807, 2.05) is 42.1 Å². The van der Waals surface area contributed by atoms with E-state index in [9.17, 15) is 9.59 Å². The van der Waals surface area contributed by atoms with Gasteiger partial charge in [-0.15, -0.1) is 0 Å². The number of amides is 3. The molecule has 2 unspecified atom stereocenters. The molecule has 2 aromatic heterocycles. The quantitative estimate of drug-likeness (QED) is 0.358. The number of morpholine rings is 1. The molecule has 194 valence electrons. The zero-order valence-electron chi connectivity index (χ0n) is 20.9. The van der Waals surface area contributed by atoms with E-state index < -0.39 is 11.9 Å². The number of carbonyl (C=O) groups excluding carboxylic acids is 2. The minimum atomic E-state index is -0.521. The number of fused-ring (bicyclic) bond motifs is 3. The number of anilines is 3. The number of ether oxygens (including phenoxy) is 1. The Morgan fingerprint density at radius 1 is 0.974 bits per heavy atom. The summed E-state index contributed by atoms with van der Waals surface area (Å²) in [7, 11) is 0. The molecular formula is C27H28N8O3. The summed E-state index contributed by atoms with van der Waals surface area (Å²) in [6.45, 7) is 4.36. The highest BCUT2D eigenvalue weighted by atomic mass is 16.5. The van der Waals surface area contributed by atoms with Crippen molar-refractivity contribution in [1.29, 1.82) is 0 Å². The molecule has 4 heterocycles. The minimum Gasteiger partial charge on any atom is -0.371 e. The van der Waals surface area contributed by atoms with Gasteiger partial charge in [-0.1, -0.05) is 0 Å². The van der Waals surface area contributed by atoms with Gasteiger partial charge in [0, 0.05) is 42.1 Å². The summed E-state index contributed by atoms with van der Waals surface area (Å²) in [5, 5.41) is 11.0. The lowest BCUT2D eigenvalue weighted by Crippen LogP contribution is -2.43. The van der Waals surface area contributed by atoms with Gasteiger partial charge in [0.25, 0.3) is 0 Å². The number of benzene rings is 2. The third kappa shape index (κ3) is 4.63. The molecule has 38 heavy (non-hydrogen) atoms. The first kappa shape index (κ1) is 23.9. The number of hydrogen-bond acceptors (Lipinski definition) is 7. The minimum absolute atomic E-state index is 0.237. The van der Waals surface area contributed by atoms with Crippen molar-refractivity contribution >= 4 is 40.2 Å². The molecule has 11 heteroatoms. The van der Waals surface area contributed by atoms with Gasteiger partial charge in [0.15, 0.2) is 11.5 Å². The average Bonchev–Trinajstić information content (AvgIpc) is 3.50. The number of rotatable bonds is 6. The number of carbonyl (C=O) groups is 2. The fourth-order valence-corrected chi connectivity index (χ4v) is 5.04. The lowest BCUT2D eigenvalue weighted by Gasteiger charge is -2.33. The second-order valence-corrected chi connectivity index (χ2v) is 9.53. The van der Waals surface area contributed by atoms with Gasteiger partial charge in [-0.3, -0.25) is 4.79 Å². The van der Waals surface area contributed by atoms with Crippen LogP contribution in [0.3, 0.4) is 0 Å². The lowest BCUT2D eigenvalue weighted by atomic mass is 10.2.